The SMILES string of the molecule is COC(=O)c1ccc(COc2ccc(/C=C3\SC(=S)N(CC(=O)O)C3=O)cc2OC)o1. The number of thiocarbonyl (C=S) groups is 1. The second-order valence-electron chi connectivity index (χ2n) is 6.12. The fraction of sp³-hybridized carbons (Fsp3) is 0.200. The zero-order chi connectivity index (χ0) is 22.5. The smallest absolute Gasteiger partial charge is 0.373 e. The Morgan fingerprint density at radius 2 is 2.00 bits per heavy atom. The molecule has 1 aliphatic rings. The summed E-state index contributed by atoms with van der Waals surface area (Å²) in [4.78, 5) is 36.1. The Bertz CT molecular complexity index is 1070. The van der Waals surface area contributed by atoms with Crippen LogP contribution in [0, 0.1) is 0 Å². The van der Waals surface area contributed by atoms with E-state index in [0.717, 1.165) is 16.7 Å². The van der Waals surface area contributed by atoms with Gasteiger partial charge in [-0.1, -0.05) is 30.0 Å². The molecule has 3 rings (SSSR count). The number of hydrogen-bond donors (Lipinski definition) is 1. The molecule has 1 N–H and O–H groups in total. The zero-order valence-electron chi connectivity index (χ0n) is 16.4. The highest BCUT2D eigenvalue weighted by Gasteiger charge is 2.33. The summed E-state index contributed by atoms with van der Waals surface area (Å²) in [6, 6.07) is 8.13. The first kappa shape index (κ1) is 22.4. The Balaban J connectivity index is 1.73. The number of benzene rings is 1. The van der Waals surface area contributed by atoms with Gasteiger partial charge in [-0.05, 0) is 35.9 Å². The van der Waals surface area contributed by atoms with Crippen LogP contribution in [-0.4, -0.2) is 52.9 Å². The summed E-state index contributed by atoms with van der Waals surface area (Å²) in [6.45, 7) is -0.427. The third-order valence-electron chi connectivity index (χ3n) is 4.07. The Hall–Kier alpha value is -3.31. The minimum absolute atomic E-state index is 0.0561. The second kappa shape index (κ2) is 9.67. The summed E-state index contributed by atoms with van der Waals surface area (Å²) in [5.74, 6) is -0.852. The fourth-order valence-electron chi connectivity index (χ4n) is 2.63. The molecule has 1 saturated heterocycles. The van der Waals surface area contributed by atoms with Gasteiger partial charge in [-0.2, -0.15) is 0 Å². The Morgan fingerprint density at radius 1 is 1.23 bits per heavy atom. The number of carboxylic acid groups (broad SMARTS) is 1. The molecular weight excluding hydrogens is 446 g/mol. The number of aliphatic carboxylic acids is 1. The quantitative estimate of drug-likeness (QED) is 0.356. The van der Waals surface area contributed by atoms with Gasteiger partial charge >= 0.3 is 11.9 Å². The van der Waals surface area contributed by atoms with E-state index in [-0.39, 0.29) is 16.7 Å². The maximum atomic E-state index is 12.4. The number of methoxy groups -OCH3 is 2. The van der Waals surface area contributed by atoms with Crippen LogP contribution in [0.1, 0.15) is 21.9 Å². The van der Waals surface area contributed by atoms with Crippen LogP contribution in [0.3, 0.4) is 0 Å². The topological polar surface area (TPSA) is 116 Å². The third-order valence-corrected chi connectivity index (χ3v) is 5.45. The van der Waals surface area contributed by atoms with Crippen LogP contribution < -0.4 is 9.47 Å². The normalized spacial score (nSPS) is 14.8. The van der Waals surface area contributed by atoms with Gasteiger partial charge in [0.05, 0.1) is 19.1 Å². The van der Waals surface area contributed by atoms with Gasteiger partial charge in [-0.25, -0.2) is 4.79 Å². The van der Waals surface area contributed by atoms with Crippen molar-refractivity contribution < 1.29 is 38.1 Å². The van der Waals surface area contributed by atoms with Crippen molar-refractivity contribution >= 4 is 52.2 Å². The molecule has 1 amide bonds. The number of thioether (sulfide) groups is 1. The van der Waals surface area contributed by atoms with Gasteiger partial charge in [0.1, 0.15) is 23.2 Å². The number of carbonyl (C=O) groups is 3. The van der Waals surface area contributed by atoms with Gasteiger partial charge in [0.25, 0.3) is 5.91 Å². The van der Waals surface area contributed by atoms with Crippen LogP contribution in [-0.2, 0) is 20.9 Å². The minimum atomic E-state index is -1.14. The number of esters is 1. The van der Waals surface area contributed by atoms with E-state index in [0.29, 0.717) is 27.7 Å². The fourth-order valence-corrected chi connectivity index (χ4v) is 3.89. The molecule has 9 nitrogen and oxygen atoms in total. The number of rotatable bonds is 8. The molecule has 1 fully saturated rings. The largest absolute Gasteiger partial charge is 0.493 e. The van der Waals surface area contributed by atoms with Gasteiger partial charge in [0.2, 0.25) is 5.76 Å². The van der Waals surface area contributed by atoms with Crippen molar-refractivity contribution in [3.8, 4) is 11.5 Å². The predicted octanol–water partition coefficient (Wildman–Crippen LogP) is 2.94. The Morgan fingerprint density at radius 3 is 2.68 bits per heavy atom. The van der Waals surface area contributed by atoms with Gasteiger partial charge in [-0.3, -0.25) is 14.5 Å². The maximum Gasteiger partial charge on any atom is 0.373 e. The molecule has 1 aromatic heterocycles. The molecule has 0 aliphatic carbocycles. The molecule has 0 saturated carbocycles. The summed E-state index contributed by atoms with van der Waals surface area (Å²) in [6.07, 6.45) is 1.60. The summed E-state index contributed by atoms with van der Waals surface area (Å²) in [7, 11) is 2.73. The lowest BCUT2D eigenvalue weighted by molar-refractivity contribution is -0.140. The maximum absolute atomic E-state index is 12.4. The van der Waals surface area contributed by atoms with E-state index in [1.54, 1.807) is 30.3 Å². The second-order valence-corrected chi connectivity index (χ2v) is 7.79. The molecule has 0 unspecified atom stereocenters. The standard InChI is InChI=1S/C20H17NO8S2/c1-26-15-7-11(8-16-18(24)21(9-17(22)23)20(30)31-16)3-5-13(15)28-10-12-4-6-14(29-12)19(25)27-2/h3-8H,9-10H2,1-2H3,(H,22,23)/b16-8-. The zero-order valence-corrected chi connectivity index (χ0v) is 18.1. The molecular formula is C20H17NO8S2. The van der Waals surface area contributed by atoms with E-state index in [4.69, 9.17) is 31.2 Å². The van der Waals surface area contributed by atoms with Gasteiger partial charge < -0.3 is 23.7 Å². The highest BCUT2D eigenvalue weighted by Crippen LogP contribution is 2.35. The molecule has 31 heavy (non-hydrogen) atoms. The Labute approximate surface area is 186 Å². The van der Waals surface area contributed by atoms with Crippen molar-refractivity contribution in [1.29, 1.82) is 0 Å². The molecule has 162 valence electrons. The summed E-state index contributed by atoms with van der Waals surface area (Å²) < 4.78 is 21.2. The van der Waals surface area contributed by atoms with E-state index in [9.17, 15) is 14.4 Å². The lowest BCUT2D eigenvalue weighted by atomic mass is 10.2. The average molecular weight is 463 g/mol. The molecule has 11 heteroatoms. The first-order chi connectivity index (χ1) is 14.8. The number of ether oxygens (including phenoxy) is 3. The highest BCUT2D eigenvalue weighted by atomic mass is 32.2. The molecule has 1 aliphatic heterocycles. The number of hydrogen-bond acceptors (Lipinski definition) is 9. The number of amides is 1. The van der Waals surface area contributed by atoms with E-state index >= 15 is 0 Å². The summed E-state index contributed by atoms with van der Waals surface area (Å²) >= 11 is 6.12. The number of furan rings is 1. The monoisotopic (exact) mass is 463 g/mol. The lowest BCUT2D eigenvalue weighted by Crippen LogP contribution is -2.33. The lowest BCUT2D eigenvalue weighted by Gasteiger charge is -2.11. The van der Waals surface area contributed by atoms with Gasteiger partial charge in [0.15, 0.2) is 11.5 Å². The third kappa shape index (κ3) is 5.25. The van der Waals surface area contributed by atoms with Crippen molar-refractivity contribution in [1.82, 2.24) is 4.90 Å². The van der Waals surface area contributed by atoms with Crippen molar-refractivity contribution in [2.45, 2.75) is 6.61 Å². The van der Waals surface area contributed by atoms with Crippen LogP contribution >= 0.6 is 24.0 Å². The molecule has 2 aromatic rings. The Kier molecular flexibility index (Phi) is 6.98. The van der Waals surface area contributed by atoms with E-state index in [1.807, 2.05) is 0 Å². The number of carbonyl (C=O) groups excluding carboxylic acids is 2. The van der Waals surface area contributed by atoms with Crippen LogP contribution in [0.15, 0.2) is 39.7 Å². The molecule has 0 spiro atoms. The molecule has 2 heterocycles. The first-order valence-corrected chi connectivity index (χ1v) is 10.00. The van der Waals surface area contributed by atoms with Gasteiger partial charge in [0, 0.05) is 0 Å². The highest BCUT2D eigenvalue weighted by molar-refractivity contribution is 8.26. The van der Waals surface area contributed by atoms with Crippen LogP contribution in [0.4, 0.5) is 0 Å². The van der Waals surface area contributed by atoms with E-state index in [2.05, 4.69) is 4.74 Å². The minimum Gasteiger partial charge on any atom is -0.493 e. The first-order valence-electron chi connectivity index (χ1n) is 8.77. The summed E-state index contributed by atoms with van der Waals surface area (Å²) in [5.41, 5.74) is 0.644. The van der Waals surface area contributed by atoms with Crippen LogP contribution in [0.25, 0.3) is 6.08 Å². The van der Waals surface area contributed by atoms with Crippen molar-refractivity contribution in [3.05, 3.63) is 52.3 Å². The molecule has 0 atom stereocenters. The molecule has 1 aromatic carbocycles. The predicted molar refractivity (Wildman–Crippen MR) is 115 cm³/mol. The number of carboxylic acids is 1. The van der Waals surface area contributed by atoms with Crippen molar-refractivity contribution in [2.75, 3.05) is 20.8 Å². The van der Waals surface area contributed by atoms with Crippen molar-refractivity contribution in [2.24, 2.45) is 0 Å². The average Bonchev–Trinajstić information content (AvgIpc) is 3.32. The van der Waals surface area contributed by atoms with Gasteiger partial charge in [-0.15, -0.1) is 0 Å². The van der Waals surface area contributed by atoms with E-state index in [1.165, 1.54) is 20.3 Å². The van der Waals surface area contributed by atoms with Crippen LogP contribution in [0.5, 0.6) is 11.5 Å². The molecule has 0 bridgehead atoms. The van der Waals surface area contributed by atoms with Crippen molar-refractivity contribution in [3.63, 3.8) is 0 Å². The van der Waals surface area contributed by atoms with Crippen LogP contribution in [0.2, 0.25) is 0 Å². The molecule has 0 radical (unpaired) electrons. The summed E-state index contributed by atoms with van der Waals surface area (Å²) in [5, 5.41) is 8.92. The van der Waals surface area contributed by atoms with E-state index < -0.39 is 24.4 Å². The number of nitrogens with zero attached hydrogens (tertiary/aromatic N) is 1.